The fourth-order valence-corrected chi connectivity index (χ4v) is 3.40. The molecule has 0 radical (unpaired) electrons. The zero-order valence-electron chi connectivity index (χ0n) is 11.8. The van der Waals surface area contributed by atoms with Crippen LogP contribution in [0, 0.1) is 0 Å². The molecule has 22 heavy (non-hydrogen) atoms. The second-order valence-electron chi connectivity index (χ2n) is 4.75. The molecule has 0 atom stereocenters. The molecular weight excluding hydrogens is 320 g/mol. The molecule has 0 fully saturated rings. The molecule has 1 aliphatic heterocycles. The third-order valence-electron chi connectivity index (χ3n) is 3.27. The summed E-state index contributed by atoms with van der Waals surface area (Å²) in [6, 6.07) is 9.34. The van der Waals surface area contributed by atoms with E-state index in [0.29, 0.717) is 23.1 Å². The number of carbonyl (C=O) groups excluding carboxylic acids is 1. The summed E-state index contributed by atoms with van der Waals surface area (Å²) in [6.45, 7) is 5.38. The van der Waals surface area contributed by atoms with E-state index in [1.807, 2.05) is 30.3 Å². The van der Waals surface area contributed by atoms with Crippen LogP contribution in [0.15, 0.2) is 43.0 Å². The van der Waals surface area contributed by atoms with E-state index in [4.69, 9.17) is 16.3 Å². The van der Waals surface area contributed by atoms with Crippen LogP contribution in [-0.4, -0.2) is 25.6 Å². The van der Waals surface area contributed by atoms with Gasteiger partial charge in [-0.1, -0.05) is 17.7 Å². The molecule has 3 rings (SSSR count). The average Bonchev–Trinajstić information content (AvgIpc) is 3.01. The third-order valence-corrected chi connectivity index (χ3v) is 4.61. The molecule has 2 heterocycles. The van der Waals surface area contributed by atoms with Gasteiger partial charge in [0, 0.05) is 11.6 Å². The van der Waals surface area contributed by atoms with Crippen molar-refractivity contribution in [2.75, 3.05) is 24.6 Å². The Bertz CT molecular complexity index is 714. The molecule has 4 nitrogen and oxygen atoms in total. The van der Waals surface area contributed by atoms with Gasteiger partial charge in [-0.15, -0.1) is 17.9 Å². The smallest absolute Gasteiger partial charge is 0.261 e. The van der Waals surface area contributed by atoms with Crippen LogP contribution in [0.5, 0.6) is 5.75 Å². The first kappa shape index (κ1) is 14.9. The lowest BCUT2D eigenvalue weighted by atomic mass is 10.2. The number of hydrogen-bond donors (Lipinski definition) is 1. The van der Waals surface area contributed by atoms with Crippen LogP contribution in [0.3, 0.4) is 0 Å². The monoisotopic (exact) mass is 334 g/mol. The Morgan fingerprint density at radius 2 is 2.32 bits per heavy atom. The zero-order valence-corrected chi connectivity index (χ0v) is 13.4. The minimum atomic E-state index is -0.0873. The largest absolute Gasteiger partial charge is 0.490 e. The van der Waals surface area contributed by atoms with Crippen LogP contribution in [0.2, 0.25) is 5.02 Å². The van der Waals surface area contributed by atoms with Crippen molar-refractivity contribution in [3.63, 3.8) is 0 Å². The molecule has 0 saturated carbocycles. The van der Waals surface area contributed by atoms with E-state index in [0.717, 1.165) is 23.0 Å². The lowest BCUT2D eigenvalue weighted by Crippen LogP contribution is -2.27. The highest BCUT2D eigenvalue weighted by Crippen LogP contribution is 2.40. The minimum absolute atomic E-state index is 0.0873. The predicted octanol–water partition coefficient (Wildman–Crippen LogP) is 3.85. The van der Waals surface area contributed by atoms with Gasteiger partial charge in [-0.2, -0.15) is 0 Å². The molecule has 0 spiro atoms. The second-order valence-corrected chi connectivity index (χ2v) is 6.25. The SMILES string of the molecule is C=CCNC(=O)c1ccc(N2CCOc3ccc(Cl)cc32)s1. The van der Waals surface area contributed by atoms with Crippen LogP contribution in [0.25, 0.3) is 0 Å². The molecule has 6 heteroatoms. The molecule has 0 unspecified atom stereocenters. The summed E-state index contributed by atoms with van der Waals surface area (Å²) in [5.41, 5.74) is 0.929. The first-order valence-corrected chi connectivity index (χ1v) is 8.07. The van der Waals surface area contributed by atoms with Gasteiger partial charge in [0.1, 0.15) is 12.4 Å². The Balaban J connectivity index is 1.87. The Kier molecular flexibility index (Phi) is 4.36. The van der Waals surface area contributed by atoms with Crippen molar-refractivity contribution in [3.05, 3.63) is 52.9 Å². The highest BCUT2D eigenvalue weighted by Gasteiger charge is 2.22. The van der Waals surface area contributed by atoms with E-state index in [1.54, 1.807) is 6.08 Å². The number of halogens is 1. The second kappa shape index (κ2) is 6.42. The maximum Gasteiger partial charge on any atom is 0.261 e. The fraction of sp³-hybridized carbons (Fsp3) is 0.188. The zero-order chi connectivity index (χ0) is 15.5. The van der Waals surface area contributed by atoms with E-state index in [9.17, 15) is 4.79 Å². The predicted molar refractivity (Wildman–Crippen MR) is 90.8 cm³/mol. The van der Waals surface area contributed by atoms with E-state index in [-0.39, 0.29) is 5.91 Å². The number of nitrogens with one attached hydrogen (secondary N) is 1. The van der Waals surface area contributed by atoms with E-state index >= 15 is 0 Å². The maximum atomic E-state index is 12.0. The summed E-state index contributed by atoms with van der Waals surface area (Å²) in [4.78, 5) is 14.8. The number of rotatable bonds is 4. The number of thiophene rings is 1. The Morgan fingerprint density at radius 1 is 1.45 bits per heavy atom. The average molecular weight is 335 g/mol. The summed E-state index contributed by atoms with van der Waals surface area (Å²) in [5.74, 6) is 0.720. The van der Waals surface area contributed by atoms with Gasteiger partial charge < -0.3 is 15.0 Å². The third kappa shape index (κ3) is 2.96. The molecule has 0 saturated heterocycles. The van der Waals surface area contributed by atoms with Crippen molar-refractivity contribution >= 4 is 39.5 Å². The first-order valence-electron chi connectivity index (χ1n) is 6.88. The van der Waals surface area contributed by atoms with Crippen LogP contribution in [0.1, 0.15) is 9.67 Å². The summed E-state index contributed by atoms with van der Waals surface area (Å²) < 4.78 is 5.65. The van der Waals surface area contributed by atoms with Gasteiger partial charge in [-0.25, -0.2) is 0 Å². The van der Waals surface area contributed by atoms with Gasteiger partial charge in [0.2, 0.25) is 0 Å². The van der Waals surface area contributed by atoms with Gasteiger partial charge in [0.15, 0.2) is 0 Å². The Morgan fingerprint density at radius 3 is 3.14 bits per heavy atom. The molecule has 2 aromatic rings. The quantitative estimate of drug-likeness (QED) is 0.863. The number of nitrogens with zero attached hydrogens (tertiary/aromatic N) is 1. The van der Waals surface area contributed by atoms with Crippen LogP contribution in [0.4, 0.5) is 10.7 Å². The molecule has 1 N–H and O–H groups in total. The molecule has 1 aliphatic rings. The summed E-state index contributed by atoms with van der Waals surface area (Å²) in [6.07, 6.45) is 1.66. The van der Waals surface area contributed by atoms with Crippen LogP contribution in [-0.2, 0) is 0 Å². The van der Waals surface area contributed by atoms with Crippen molar-refractivity contribution < 1.29 is 9.53 Å². The topological polar surface area (TPSA) is 41.6 Å². The Labute approximate surface area is 138 Å². The summed E-state index contributed by atoms with van der Waals surface area (Å²) >= 11 is 7.54. The molecule has 1 aromatic heterocycles. The van der Waals surface area contributed by atoms with Gasteiger partial charge in [0.05, 0.1) is 22.1 Å². The molecule has 0 bridgehead atoms. The highest BCUT2D eigenvalue weighted by molar-refractivity contribution is 7.18. The molecule has 1 amide bonds. The van der Waals surface area contributed by atoms with Crippen molar-refractivity contribution in [3.8, 4) is 5.75 Å². The minimum Gasteiger partial charge on any atom is -0.490 e. The number of ether oxygens (including phenoxy) is 1. The van der Waals surface area contributed by atoms with Crippen molar-refractivity contribution in [1.82, 2.24) is 5.32 Å². The molecular formula is C16H15ClN2O2S. The molecule has 114 valence electrons. The van der Waals surface area contributed by atoms with E-state index in [1.165, 1.54) is 11.3 Å². The number of amides is 1. The summed E-state index contributed by atoms with van der Waals surface area (Å²) in [7, 11) is 0. The fourth-order valence-electron chi connectivity index (χ4n) is 2.27. The Hall–Kier alpha value is -1.98. The van der Waals surface area contributed by atoms with Crippen molar-refractivity contribution in [1.29, 1.82) is 0 Å². The van der Waals surface area contributed by atoms with Crippen molar-refractivity contribution in [2.45, 2.75) is 0 Å². The van der Waals surface area contributed by atoms with E-state index < -0.39 is 0 Å². The first-order chi connectivity index (χ1) is 10.7. The van der Waals surface area contributed by atoms with Gasteiger partial charge in [0.25, 0.3) is 5.91 Å². The standard InChI is InChI=1S/C16H15ClN2O2S/c1-2-7-18-16(20)14-5-6-15(22-14)19-8-9-21-13-4-3-11(17)10-12(13)19/h2-6,10H,1,7-9H2,(H,18,20). The normalized spacial score (nSPS) is 13.2. The van der Waals surface area contributed by atoms with Gasteiger partial charge >= 0.3 is 0 Å². The number of carbonyl (C=O) groups is 1. The van der Waals surface area contributed by atoms with Crippen LogP contribution >= 0.6 is 22.9 Å². The van der Waals surface area contributed by atoms with Crippen molar-refractivity contribution in [2.24, 2.45) is 0 Å². The van der Waals surface area contributed by atoms with E-state index in [2.05, 4.69) is 16.8 Å². The molecule has 1 aromatic carbocycles. The number of hydrogen-bond acceptors (Lipinski definition) is 4. The number of anilines is 2. The number of benzene rings is 1. The molecule has 0 aliphatic carbocycles. The lowest BCUT2D eigenvalue weighted by molar-refractivity contribution is 0.0962. The highest BCUT2D eigenvalue weighted by atomic mass is 35.5. The van der Waals surface area contributed by atoms with Gasteiger partial charge in [-0.3, -0.25) is 4.79 Å². The lowest BCUT2D eigenvalue weighted by Gasteiger charge is -2.30. The summed E-state index contributed by atoms with van der Waals surface area (Å²) in [5, 5.41) is 4.44. The van der Waals surface area contributed by atoms with Gasteiger partial charge in [-0.05, 0) is 30.3 Å². The maximum absolute atomic E-state index is 12.0. The number of fused-ring (bicyclic) bond motifs is 1. The van der Waals surface area contributed by atoms with Crippen LogP contribution < -0.4 is 15.0 Å².